The third-order valence-corrected chi connectivity index (χ3v) is 2.66. The van der Waals surface area contributed by atoms with Gasteiger partial charge < -0.3 is 10.7 Å². The largest absolute Gasteiger partial charge is 0.392 e. The standard InChI is InChI=1S/C12H12N4OS/c13-10(18)9(8-4-2-1-3-5-8)11(17)16-12-14-6-7-15-12/h1-7,9H,(H2,13,18)(H2,14,15,16,17). The third-order valence-electron chi connectivity index (χ3n) is 2.42. The van der Waals surface area contributed by atoms with E-state index in [9.17, 15) is 4.79 Å². The number of imidazole rings is 1. The quantitative estimate of drug-likeness (QED) is 0.726. The summed E-state index contributed by atoms with van der Waals surface area (Å²) < 4.78 is 0. The van der Waals surface area contributed by atoms with Gasteiger partial charge in [-0.15, -0.1) is 0 Å². The molecule has 1 aromatic heterocycles. The molecule has 0 saturated carbocycles. The highest BCUT2D eigenvalue weighted by Gasteiger charge is 2.23. The summed E-state index contributed by atoms with van der Waals surface area (Å²) in [5.41, 5.74) is 6.40. The van der Waals surface area contributed by atoms with Crippen molar-refractivity contribution in [1.82, 2.24) is 9.97 Å². The Bertz CT molecular complexity index is 538. The van der Waals surface area contributed by atoms with Crippen LogP contribution in [0.4, 0.5) is 5.95 Å². The molecule has 1 heterocycles. The van der Waals surface area contributed by atoms with E-state index in [4.69, 9.17) is 18.0 Å². The molecule has 5 nitrogen and oxygen atoms in total. The SMILES string of the molecule is NC(=S)C(C(=O)Nc1ncc[nH]1)c1ccccc1. The van der Waals surface area contributed by atoms with Crippen molar-refractivity contribution in [3.05, 3.63) is 48.3 Å². The first-order valence-electron chi connectivity index (χ1n) is 5.33. The fourth-order valence-corrected chi connectivity index (χ4v) is 1.86. The molecule has 0 spiro atoms. The molecular weight excluding hydrogens is 248 g/mol. The molecule has 6 heteroatoms. The van der Waals surface area contributed by atoms with E-state index in [1.807, 2.05) is 30.3 Å². The number of hydrogen-bond donors (Lipinski definition) is 3. The Balaban J connectivity index is 2.21. The highest BCUT2D eigenvalue weighted by atomic mass is 32.1. The second-order valence-electron chi connectivity index (χ2n) is 3.67. The molecule has 1 atom stereocenters. The fourth-order valence-electron chi connectivity index (χ4n) is 1.61. The lowest BCUT2D eigenvalue weighted by atomic mass is 9.98. The van der Waals surface area contributed by atoms with E-state index in [1.54, 1.807) is 12.4 Å². The number of carbonyl (C=O) groups is 1. The average Bonchev–Trinajstić information content (AvgIpc) is 2.83. The van der Waals surface area contributed by atoms with Crippen molar-refractivity contribution in [2.24, 2.45) is 5.73 Å². The maximum Gasteiger partial charge on any atom is 0.241 e. The van der Waals surface area contributed by atoms with Gasteiger partial charge in [-0.25, -0.2) is 4.98 Å². The van der Waals surface area contributed by atoms with Crippen LogP contribution in [0.25, 0.3) is 0 Å². The summed E-state index contributed by atoms with van der Waals surface area (Å²) in [6.45, 7) is 0. The lowest BCUT2D eigenvalue weighted by molar-refractivity contribution is -0.116. The number of nitrogens with one attached hydrogen (secondary N) is 2. The lowest BCUT2D eigenvalue weighted by Gasteiger charge is -2.14. The summed E-state index contributed by atoms with van der Waals surface area (Å²) in [4.78, 5) is 18.9. The molecule has 2 rings (SSSR count). The number of carbonyl (C=O) groups excluding carboxylic acids is 1. The van der Waals surface area contributed by atoms with E-state index in [2.05, 4.69) is 15.3 Å². The molecule has 0 radical (unpaired) electrons. The van der Waals surface area contributed by atoms with Gasteiger partial charge in [0.15, 0.2) is 0 Å². The molecule has 1 unspecified atom stereocenters. The number of hydrogen-bond acceptors (Lipinski definition) is 3. The van der Waals surface area contributed by atoms with Gasteiger partial charge in [-0.2, -0.15) is 0 Å². The molecule has 0 fully saturated rings. The third kappa shape index (κ3) is 2.72. The van der Waals surface area contributed by atoms with E-state index < -0.39 is 5.92 Å². The van der Waals surface area contributed by atoms with E-state index in [0.717, 1.165) is 5.56 Å². The van der Waals surface area contributed by atoms with Crippen molar-refractivity contribution in [2.75, 3.05) is 5.32 Å². The van der Waals surface area contributed by atoms with E-state index in [-0.39, 0.29) is 10.9 Å². The molecule has 0 aliphatic carbocycles. The molecular formula is C12H12N4OS. The second-order valence-corrected chi connectivity index (χ2v) is 4.14. The number of amides is 1. The molecule has 18 heavy (non-hydrogen) atoms. The van der Waals surface area contributed by atoms with Gasteiger partial charge >= 0.3 is 0 Å². The fraction of sp³-hybridized carbons (Fsp3) is 0.0833. The van der Waals surface area contributed by atoms with Gasteiger partial charge in [0.05, 0.1) is 4.99 Å². The average molecular weight is 260 g/mol. The number of thiocarbonyl (C=S) groups is 1. The van der Waals surface area contributed by atoms with Crippen molar-refractivity contribution in [1.29, 1.82) is 0 Å². The van der Waals surface area contributed by atoms with Gasteiger partial charge in [0.2, 0.25) is 11.9 Å². The van der Waals surface area contributed by atoms with Crippen molar-refractivity contribution in [3.8, 4) is 0 Å². The highest BCUT2D eigenvalue weighted by Crippen LogP contribution is 2.17. The molecule has 0 aliphatic heterocycles. The van der Waals surface area contributed by atoms with Gasteiger partial charge in [0.25, 0.3) is 0 Å². The summed E-state index contributed by atoms with van der Waals surface area (Å²) >= 11 is 4.96. The zero-order valence-electron chi connectivity index (χ0n) is 9.46. The zero-order chi connectivity index (χ0) is 13.0. The normalized spacial score (nSPS) is 11.8. The summed E-state index contributed by atoms with van der Waals surface area (Å²) in [6, 6.07) is 9.16. The van der Waals surface area contributed by atoms with E-state index >= 15 is 0 Å². The number of rotatable bonds is 4. The molecule has 0 saturated heterocycles. The van der Waals surface area contributed by atoms with Crippen LogP contribution in [0.1, 0.15) is 11.5 Å². The van der Waals surface area contributed by atoms with Crippen LogP contribution < -0.4 is 11.1 Å². The van der Waals surface area contributed by atoms with Gasteiger partial charge in [-0.05, 0) is 5.56 Å². The van der Waals surface area contributed by atoms with Crippen LogP contribution >= 0.6 is 12.2 Å². The smallest absolute Gasteiger partial charge is 0.241 e. The Morgan fingerprint density at radius 1 is 1.39 bits per heavy atom. The number of aromatic nitrogens is 2. The Labute approximate surface area is 109 Å². The van der Waals surface area contributed by atoms with Crippen LogP contribution in [0.2, 0.25) is 0 Å². The summed E-state index contributed by atoms with van der Waals surface area (Å²) in [7, 11) is 0. The van der Waals surface area contributed by atoms with Crippen molar-refractivity contribution >= 4 is 29.1 Å². The van der Waals surface area contributed by atoms with Gasteiger partial charge in [0.1, 0.15) is 5.92 Å². The molecule has 1 aromatic carbocycles. The van der Waals surface area contributed by atoms with Crippen LogP contribution in [0, 0.1) is 0 Å². The number of benzene rings is 1. The van der Waals surface area contributed by atoms with Gasteiger partial charge in [-0.3, -0.25) is 10.1 Å². The number of aromatic amines is 1. The first-order chi connectivity index (χ1) is 8.68. The van der Waals surface area contributed by atoms with Crippen LogP contribution in [0.3, 0.4) is 0 Å². The first kappa shape index (κ1) is 12.3. The first-order valence-corrected chi connectivity index (χ1v) is 5.74. The molecule has 2 aromatic rings. The van der Waals surface area contributed by atoms with Gasteiger partial charge in [-0.1, -0.05) is 42.5 Å². The number of nitrogens with two attached hydrogens (primary N) is 1. The minimum atomic E-state index is -0.661. The van der Waals surface area contributed by atoms with Gasteiger partial charge in [0, 0.05) is 12.4 Å². The van der Waals surface area contributed by atoms with E-state index in [1.165, 1.54) is 0 Å². The van der Waals surface area contributed by atoms with Crippen LogP contribution in [0.15, 0.2) is 42.7 Å². The van der Waals surface area contributed by atoms with Crippen molar-refractivity contribution < 1.29 is 4.79 Å². The predicted octanol–water partition coefficient (Wildman–Crippen LogP) is 1.42. The number of nitrogens with zero attached hydrogens (tertiary/aromatic N) is 1. The summed E-state index contributed by atoms with van der Waals surface area (Å²) in [5.74, 6) is -0.591. The topological polar surface area (TPSA) is 83.8 Å². The van der Waals surface area contributed by atoms with E-state index in [0.29, 0.717) is 5.95 Å². The van der Waals surface area contributed by atoms with Crippen LogP contribution in [-0.4, -0.2) is 20.9 Å². The predicted molar refractivity (Wildman–Crippen MR) is 73.2 cm³/mol. The summed E-state index contributed by atoms with van der Waals surface area (Å²) in [6.07, 6.45) is 3.17. The Kier molecular flexibility index (Phi) is 3.69. The molecule has 4 N–H and O–H groups in total. The lowest BCUT2D eigenvalue weighted by Crippen LogP contribution is -2.31. The minimum Gasteiger partial charge on any atom is -0.392 e. The number of H-pyrrole nitrogens is 1. The Hall–Kier alpha value is -2.21. The molecule has 92 valence electrons. The maximum absolute atomic E-state index is 12.1. The van der Waals surface area contributed by atoms with Crippen molar-refractivity contribution in [2.45, 2.75) is 5.92 Å². The molecule has 1 amide bonds. The minimum absolute atomic E-state index is 0.130. The van der Waals surface area contributed by atoms with Crippen molar-refractivity contribution in [3.63, 3.8) is 0 Å². The second kappa shape index (κ2) is 5.42. The number of anilines is 1. The van der Waals surface area contributed by atoms with Crippen LogP contribution in [0.5, 0.6) is 0 Å². The Morgan fingerprint density at radius 2 is 2.11 bits per heavy atom. The Morgan fingerprint density at radius 3 is 2.67 bits per heavy atom. The highest BCUT2D eigenvalue weighted by molar-refractivity contribution is 7.80. The monoisotopic (exact) mass is 260 g/mol. The molecule has 0 aliphatic rings. The maximum atomic E-state index is 12.1. The molecule has 0 bridgehead atoms. The van der Waals surface area contributed by atoms with Crippen LogP contribution in [-0.2, 0) is 4.79 Å². The summed E-state index contributed by atoms with van der Waals surface area (Å²) in [5, 5.41) is 2.63. The zero-order valence-corrected chi connectivity index (χ0v) is 10.3.